The first-order valence-electron chi connectivity index (χ1n) is 6.67. The van der Waals surface area contributed by atoms with Gasteiger partial charge in [-0.05, 0) is 38.0 Å². The predicted molar refractivity (Wildman–Crippen MR) is 79.8 cm³/mol. The maximum Gasteiger partial charge on any atom is 0.264 e. The third-order valence-corrected chi connectivity index (χ3v) is 4.60. The molecule has 0 atom stereocenters. The normalized spacial score (nSPS) is 11.0. The molecule has 1 aromatic heterocycles. The molecule has 2 rings (SSSR count). The van der Waals surface area contributed by atoms with Crippen molar-refractivity contribution in [1.29, 1.82) is 0 Å². The Kier molecular flexibility index (Phi) is 4.73. The van der Waals surface area contributed by atoms with Crippen molar-refractivity contribution < 1.29 is 14.3 Å². The number of carbonyl (C=O) groups excluding carboxylic acids is 1. The lowest BCUT2D eigenvalue weighted by atomic mass is 10.1. The summed E-state index contributed by atoms with van der Waals surface area (Å²) in [5.74, 6) is -0.368. The number of fused-ring (bicyclic) bond motifs is 1. The van der Waals surface area contributed by atoms with Crippen LogP contribution >= 0.6 is 11.3 Å². The SMILES string of the molecule is CCN(CCCO)C(=O)c1sc2cccc(F)c2c1C. The Balaban J connectivity index is 2.39. The zero-order valence-corrected chi connectivity index (χ0v) is 12.5. The number of nitrogens with zero attached hydrogens (tertiary/aromatic N) is 1. The highest BCUT2D eigenvalue weighted by atomic mass is 32.1. The highest BCUT2D eigenvalue weighted by Gasteiger charge is 2.21. The van der Waals surface area contributed by atoms with E-state index < -0.39 is 0 Å². The van der Waals surface area contributed by atoms with Crippen LogP contribution in [0.25, 0.3) is 10.1 Å². The monoisotopic (exact) mass is 295 g/mol. The van der Waals surface area contributed by atoms with E-state index in [0.29, 0.717) is 35.3 Å². The molecule has 2 aromatic rings. The Morgan fingerprint density at radius 2 is 2.20 bits per heavy atom. The van der Waals surface area contributed by atoms with Crippen LogP contribution in [0.4, 0.5) is 4.39 Å². The topological polar surface area (TPSA) is 40.5 Å². The first kappa shape index (κ1) is 14.9. The molecular formula is C15H18FNO2S. The molecule has 0 fully saturated rings. The summed E-state index contributed by atoms with van der Waals surface area (Å²) in [6.45, 7) is 4.84. The summed E-state index contributed by atoms with van der Waals surface area (Å²) in [4.78, 5) is 14.8. The largest absolute Gasteiger partial charge is 0.396 e. The summed E-state index contributed by atoms with van der Waals surface area (Å²) in [7, 11) is 0. The predicted octanol–water partition coefficient (Wildman–Crippen LogP) is 3.19. The first-order valence-corrected chi connectivity index (χ1v) is 7.49. The van der Waals surface area contributed by atoms with Gasteiger partial charge in [-0.1, -0.05) is 6.07 Å². The molecule has 1 aromatic carbocycles. The van der Waals surface area contributed by atoms with Crippen LogP contribution in [0.15, 0.2) is 18.2 Å². The van der Waals surface area contributed by atoms with Crippen molar-refractivity contribution >= 4 is 27.3 Å². The Labute approximate surface area is 121 Å². The Morgan fingerprint density at radius 3 is 2.80 bits per heavy atom. The number of thiophene rings is 1. The lowest BCUT2D eigenvalue weighted by Crippen LogP contribution is -2.32. The summed E-state index contributed by atoms with van der Waals surface area (Å²) in [5, 5.41) is 9.42. The number of rotatable bonds is 5. The van der Waals surface area contributed by atoms with E-state index in [9.17, 15) is 9.18 Å². The minimum absolute atomic E-state index is 0.0593. The van der Waals surface area contributed by atoms with Crippen molar-refractivity contribution in [3.8, 4) is 0 Å². The van der Waals surface area contributed by atoms with E-state index in [1.807, 2.05) is 13.0 Å². The Morgan fingerprint density at radius 1 is 1.45 bits per heavy atom. The number of aryl methyl sites for hydroxylation is 1. The fourth-order valence-corrected chi connectivity index (χ4v) is 3.46. The zero-order valence-electron chi connectivity index (χ0n) is 11.6. The molecule has 0 aliphatic heterocycles. The van der Waals surface area contributed by atoms with Gasteiger partial charge in [-0.2, -0.15) is 0 Å². The van der Waals surface area contributed by atoms with Gasteiger partial charge >= 0.3 is 0 Å². The second-order valence-corrected chi connectivity index (χ2v) is 5.68. The molecule has 0 saturated heterocycles. The number of aliphatic hydroxyl groups is 1. The van der Waals surface area contributed by atoms with Gasteiger partial charge in [0, 0.05) is 29.8 Å². The average molecular weight is 295 g/mol. The van der Waals surface area contributed by atoms with Crippen molar-refractivity contribution in [1.82, 2.24) is 4.90 Å². The van der Waals surface area contributed by atoms with E-state index in [1.54, 1.807) is 17.9 Å². The van der Waals surface area contributed by atoms with Crippen LogP contribution in [0.1, 0.15) is 28.6 Å². The Bertz CT molecular complexity index is 624. The van der Waals surface area contributed by atoms with Gasteiger partial charge in [0.1, 0.15) is 5.82 Å². The van der Waals surface area contributed by atoms with Crippen LogP contribution < -0.4 is 0 Å². The second kappa shape index (κ2) is 6.33. The van der Waals surface area contributed by atoms with Crippen molar-refractivity contribution in [3.05, 3.63) is 34.5 Å². The maximum atomic E-state index is 13.9. The lowest BCUT2D eigenvalue weighted by molar-refractivity contribution is 0.0758. The molecule has 3 nitrogen and oxygen atoms in total. The summed E-state index contributed by atoms with van der Waals surface area (Å²) < 4.78 is 14.7. The first-order chi connectivity index (χ1) is 9.60. The second-order valence-electron chi connectivity index (χ2n) is 4.63. The van der Waals surface area contributed by atoms with E-state index in [4.69, 9.17) is 5.11 Å². The van der Waals surface area contributed by atoms with Crippen LogP contribution in [-0.4, -0.2) is 35.6 Å². The van der Waals surface area contributed by atoms with Gasteiger partial charge in [-0.25, -0.2) is 4.39 Å². The molecule has 0 spiro atoms. The molecule has 1 heterocycles. The fraction of sp³-hybridized carbons (Fsp3) is 0.400. The van der Waals surface area contributed by atoms with Gasteiger partial charge in [0.05, 0.1) is 4.88 Å². The molecule has 0 saturated carbocycles. The number of amides is 1. The quantitative estimate of drug-likeness (QED) is 0.920. The molecular weight excluding hydrogens is 277 g/mol. The standard InChI is InChI=1S/C15H18FNO2S/c1-3-17(8-5-9-18)15(19)14-10(2)13-11(16)6-4-7-12(13)20-14/h4,6-7,18H,3,5,8-9H2,1-2H3. The van der Waals surface area contributed by atoms with Crippen LogP contribution in [0.2, 0.25) is 0 Å². The van der Waals surface area contributed by atoms with Gasteiger partial charge < -0.3 is 10.0 Å². The van der Waals surface area contributed by atoms with Crippen LogP contribution in [0, 0.1) is 12.7 Å². The molecule has 1 N–H and O–H groups in total. The van der Waals surface area contributed by atoms with Crippen molar-refractivity contribution in [2.45, 2.75) is 20.3 Å². The fourth-order valence-electron chi connectivity index (χ4n) is 2.27. The molecule has 0 radical (unpaired) electrons. The molecule has 108 valence electrons. The minimum Gasteiger partial charge on any atom is -0.396 e. The van der Waals surface area contributed by atoms with Gasteiger partial charge in [0.25, 0.3) is 5.91 Å². The third-order valence-electron chi connectivity index (χ3n) is 3.35. The number of aliphatic hydroxyl groups excluding tert-OH is 1. The van der Waals surface area contributed by atoms with E-state index >= 15 is 0 Å². The van der Waals surface area contributed by atoms with E-state index in [1.165, 1.54) is 17.4 Å². The van der Waals surface area contributed by atoms with E-state index in [-0.39, 0.29) is 18.3 Å². The highest BCUT2D eigenvalue weighted by molar-refractivity contribution is 7.21. The van der Waals surface area contributed by atoms with Gasteiger partial charge in [-0.3, -0.25) is 4.79 Å². The molecule has 0 unspecified atom stereocenters. The van der Waals surface area contributed by atoms with Crippen LogP contribution in [0.5, 0.6) is 0 Å². The number of carbonyl (C=O) groups is 1. The smallest absolute Gasteiger partial charge is 0.264 e. The molecule has 5 heteroatoms. The van der Waals surface area contributed by atoms with Crippen molar-refractivity contribution in [3.63, 3.8) is 0 Å². The summed E-state index contributed by atoms with van der Waals surface area (Å²) in [6, 6.07) is 4.90. The maximum absolute atomic E-state index is 13.9. The van der Waals surface area contributed by atoms with Gasteiger partial charge in [0.2, 0.25) is 0 Å². The summed E-state index contributed by atoms with van der Waals surface area (Å²) in [5.41, 5.74) is 0.704. The molecule has 0 aliphatic rings. The molecule has 0 aliphatic carbocycles. The van der Waals surface area contributed by atoms with Gasteiger partial charge in [0.15, 0.2) is 0 Å². The van der Waals surface area contributed by atoms with E-state index in [0.717, 1.165) is 4.70 Å². The summed E-state index contributed by atoms with van der Waals surface area (Å²) in [6.07, 6.45) is 0.553. The number of benzene rings is 1. The van der Waals surface area contributed by atoms with E-state index in [2.05, 4.69) is 0 Å². The number of halogens is 1. The molecule has 1 amide bonds. The minimum atomic E-state index is -0.284. The number of hydrogen-bond donors (Lipinski definition) is 1. The van der Waals surface area contributed by atoms with Gasteiger partial charge in [-0.15, -0.1) is 11.3 Å². The third kappa shape index (κ3) is 2.69. The van der Waals surface area contributed by atoms with Crippen molar-refractivity contribution in [2.24, 2.45) is 0 Å². The Hall–Kier alpha value is -1.46. The lowest BCUT2D eigenvalue weighted by Gasteiger charge is -2.20. The zero-order chi connectivity index (χ0) is 14.7. The number of hydrogen-bond acceptors (Lipinski definition) is 3. The van der Waals surface area contributed by atoms with Crippen LogP contribution in [-0.2, 0) is 0 Å². The van der Waals surface area contributed by atoms with Crippen LogP contribution in [0.3, 0.4) is 0 Å². The molecule has 20 heavy (non-hydrogen) atoms. The highest BCUT2D eigenvalue weighted by Crippen LogP contribution is 2.33. The average Bonchev–Trinajstić information content (AvgIpc) is 2.78. The summed E-state index contributed by atoms with van der Waals surface area (Å²) >= 11 is 1.33. The molecule has 0 bridgehead atoms. The van der Waals surface area contributed by atoms with Crippen molar-refractivity contribution in [2.75, 3.05) is 19.7 Å².